The highest BCUT2D eigenvalue weighted by Crippen LogP contribution is 2.15. The van der Waals surface area contributed by atoms with Crippen LogP contribution in [0.5, 0.6) is 5.75 Å². The highest BCUT2D eigenvalue weighted by Gasteiger charge is 2.07. The largest absolute Gasteiger partial charge is 0.492 e. The predicted molar refractivity (Wildman–Crippen MR) is 102 cm³/mol. The maximum Gasteiger partial charge on any atom is 0.243 e. The van der Waals surface area contributed by atoms with Crippen molar-refractivity contribution in [2.75, 3.05) is 25.0 Å². The van der Waals surface area contributed by atoms with Crippen molar-refractivity contribution in [2.24, 2.45) is 5.73 Å². The number of amides is 2. The number of hydrogen-bond acceptors (Lipinski definition) is 4. The first kappa shape index (κ1) is 19.5. The Morgan fingerprint density at radius 3 is 2.35 bits per heavy atom. The molecule has 0 atom stereocenters. The van der Waals surface area contributed by atoms with Crippen LogP contribution in [0, 0.1) is 6.92 Å². The maximum atomic E-state index is 11.9. The summed E-state index contributed by atoms with van der Waals surface area (Å²) >= 11 is 0. The van der Waals surface area contributed by atoms with Crippen LogP contribution in [0.3, 0.4) is 0 Å². The molecule has 2 aromatic rings. The predicted octanol–water partition coefficient (Wildman–Crippen LogP) is 2.02. The fourth-order valence-corrected chi connectivity index (χ4v) is 2.30. The van der Waals surface area contributed by atoms with Crippen LogP contribution in [0.15, 0.2) is 48.5 Å². The number of carbonyl (C=O) groups is 2. The van der Waals surface area contributed by atoms with Gasteiger partial charge in [0, 0.05) is 18.7 Å². The van der Waals surface area contributed by atoms with Crippen molar-refractivity contribution in [2.45, 2.75) is 19.8 Å². The van der Waals surface area contributed by atoms with Crippen LogP contribution in [0.25, 0.3) is 0 Å². The number of rotatable bonds is 9. The van der Waals surface area contributed by atoms with Gasteiger partial charge in [-0.25, -0.2) is 0 Å². The van der Waals surface area contributed by atoms with E-state index in [2.05, 4.69) is 10.6 Å². The Morgan fingerprint density at radius 2 is 1.69 bits per heavy atom. The number of anilines is 1. The van der Waals surface area contributed by atoms with E-state index in [9.17, 15) is 9.59 Å². The smallest absolute Gasteiger partial charge is 0.243 e. The first-order valence-electron chi connectivity index (χ1n) is 8.62. The molecule has 6 heteroatoms. The number of benzene rings is 2. The Morgan fingerprint density at radius 1 is 1.00 bits per heavy atom. The molecule has 138 valence electrons. The Kier molecular flexibility index (Phi) is 7.64. The monoisotopic (exact) mass is 355 g/mol. The van der Waals surface area contributed by atoms with E-state index in [1.165, 1.54) is 5.56 Å². The van der Waals surface area contributed by atoms with Crippen molar-refractivity contribution in [3.05, 3.63) is 59.7 Å². The number of carbonyl (C=O) groups excluding carboxylic acids is 2. The molecule has 26 heavy (non-hydrogen) atoms. The van der Waals surface area contributed by atoms with E-state index in [1.807, 2.05) is 31.2 Å². The zero-order chi connectivity index (χ0) is 18.8. The molecule has 2 rings (SSSR count). The molecule has 0 saturated heterocycles. The lowest BCUT2D eigenvalue weighted by atomic mass is 10.1. The molecule has 0 heterocycles. The van der Waals surface area contributed by atoms with Gasteiger partial charge in [-0.05, 0) is 43.2 Å². The second-order valence-corrected chi connectivity index (χ2v) is 5.97. The zero-order valence-corrected chi connectivity index (χ0v) is 15.0. The first-order chi connectivity index (χ1) is 12.6. The van der Waals surface area contributed by atoms with Gasteiger partial charge in [0.2, 0.25) is 11.8 Å². The van der Waals surface area contributed by atoms with E-state index in [1.54, 1.807) is 24.3 Å². The molecule has 0 aliphatic carbocycles. The molecule has 0 aromatic heterocycles. The van der Waals surface area contributed by atoms with Gasteiger partial charge < -0.3 is 21.1 Å². The maximum absolute atomic E-state index is 11.9. The quantitative estimate of drug-likeness (QED) is 0.641. The molecular weight excluding hydrogens is 330 g/mol. The van der Waals surface area contributed by atoms with Crippen molar-refractivity contribution < 1.29 is 14.3 Å². The minimum absolute atomic E-state index is 0.0574. The molecule has 6 nitrogen and oxygen atoms in total. The van der Waals surface area contributed by atoms with Gasteiger partial charge in [-0.3, -0.25) is 9.59 Å². The molecule has 4 N–H and O–H groups in total. The van der Waals surface area contributed by atoms with Gasteiger partial charge in [-0.1, -0.05) is 29.8 Å². The molecule has 0 saturated carbocycles. The van der Waals surface area contributed by atoms with Crippen LogP contribution < -0.4 is 21.1 Å². The molecule has 2 amide bonds. The van der Waals surface area contributed by atoms with Gasteiger partial charge >= 0.3 is 0 Å². The third-order valence-electron chi connectivity index (χ3n) is 3.73. The van der Waals surface area contributed by atoms with Crippen LogP contribution in [0.1, 0.15) is 17.5 Å². The summed E-state index contributed by atoms with van der Waals surface area (Å²) in [5, 5.41) is 5.36. The van der Waals surface area contributed by atoms with Gasteiger partial charge in [0.1, 0.15) is 12.4 Å². The molecule has 0 bridgehead atoms. The summed E-state index contributed by atoms with van der Waals surface area (Å²) in [6, 6.07) is 15.1. The van der Waals surface area contributed by atoms with E-state index >= 15 is 0 Å². The number of aryl methyl sites for hydroxylation is 2. The fourth-order valence-electron chi connectivity index (χ4n) is 2.30. The molecule has 0 radical (unpaired) electrons. The first-order valence-corrected chi connectivity index (χ1v) is 8.62. The van der Waals surface area contributed by atoms with Crippen LogP contribution in [0.2, 0.25) is 0 Å². The fraction of sp³-hybridized carbons (Fsp3) is 0.300. The number of ether oxygens (including phenoxy) is 1. The average Bonchev–Trinajstić information content (AvgIpc) is 2.65. The van der Waals surface area contributed by atoms with Crippen molar-refractivity contribution in [3.8, 4) is 5.75 Å². The molecule has 0 unspecified atom stereocenters. The third-order valence-corrected chi connectivity index (χ3v) is 3.73. The van der Waals surface area contributed by atoms with E-state index in [4.69, 9.17) is 10.5 Å². The van der Waals surface area contributed by atoms with Crippen molar-refractivity contribution in [3.63, 3.8) is 0 Å². The van der Waals surface area contributed by atoms with Crippen molar-refractivity contribution in [1.29, 1.82) is 0 Å². The average molecular weight is 355 g/mol. The summed E-state index contributed by atoms with van der Waals surface area (Å²) in [5.74, 6) is 0.272. The molecule has 0 fully saturated rings. The lowest BCUT2D eigenvalue weighted by Gasteiger charge is -2.09. The highest BCUT2D eigenvalue weighted by atomic mass is 16.5. The Hall–Kier alpha value is -2.86. The van der Waals surface area contributed by atoms with Crippen molar-refractivity contribution >= 4 is 17.5 Å². The molecular formula is C20H25N3O3. The second kappa shape index (κ2) is 10.2. The van der Waals surface area contributed by atoms with E-state index in [0.717, 1.165) is 5.56 Å². The van der Waals surface area contributed by atoms with Crippen LogP contribution in [0.4, 0.5) is 5.69 Å². The number of nitrogens with one attached hydrogen (secondary N) is 2. The lowest BCUT2D eigenvalue weighted by Crippen LogP contribution is -2.32. The molecule has 0 aliphatic heterocycles. The Labute approximate surface area is 153 Å². The standard InChI is InChI=1S/C20H25N3O3/c1-15-2-4-16(5-3-15)6-11-19(24)22-14-20(25)23-17-7-9-18(10-8-17)26-13-12-21/h2-5,7-10H,6,11-14,21H2,1H3,(H,22,24)(H,23,25). The van der Waals surface area contributed by atoms with Gasteiger partial charge in [0.25, 0.3) is 0 Å². The number of hydrogen-bond donors (Lipinski definition) is 3. The summed E-state index contributed by atoms with van der Waals surface area (Å²) in [6.07, 6.45) is 1.00. The second-order valence-electron chi connectivity index (χ2n) is 5.97. The molecule has 0 aliphatic rings. The zero-order valence-electron chi connectivity index (χ0n) is 15.0. The van der Waals surface area contributed by atoms with Gasteiger partial charge in [-0.2, -0.15) is 0 Å². The minimum Gasteiger partial charge on any atom is -0.492 e. The van der Waals surface area contributed by atoms with Crippen LogP contribution in [-0.4, -0.2) is 31.5 Å². The number of nitrogens with two attached hydrogens (primary N) is 1. The van der Waals surface area contributed by atoms with Gasteiger partial charge in [0.15, 0.2) is 0 Å². The topological polar surface area (TPSA) is 93.5 Å². The van der Waals surface area contributed by atoms with Gasteiger partial charge in [0.05, 0.1) is 6.54 Å². The summed E-state index contributed by atoms with van der Waals surface area (Å²) in [6.45, 7) is 2.86. The van der Waals surface area contributed by atoms with Crippen LogP contribution in [-0.2, 0) is 16.0 Å². The van der Waals surface area contributed by atoms with Crippen LogP contribution >= 0.6 is 0 Å². The molecule has 2 aromatic carbocycles. The van der Waals surface area contributed by atoms with E-state index in [0.29, 0.717) is 37.4 Å². The van der Waals surface area contributed by atoms with E-state index in [-0.39, 0.29) is 18.4 Å². The van der Waals surface area contributed by atoms with Gasteiger partial charge in [-0.15, -0.1) is 0 Å². The lowest BCUT2D eigenvalue weighted by molar-refractivity contribution is -0.124. The summed E-state index contributed by atoms with van der Waals surface area (Å²) < 4.78 is 5.37. The van der Waals surface area contributed by atoms with E-state index < -0.39 is 0 Å². The summed E-state index contributed by atoms with van der Waals surface area (Å²) in [4.78, 5) is 23.8. The Balaban J connectivity index is 1.68. The SMILES string of the molecule is Cc1ccc(CCC(=O)NCC(=O)Nc2ccc(OCCN)cc2)cc1. The normalized spacial score (nSPS) is 10.2. The molecule has 0 spiro atoms. The minimum atomic E-state index is -0.274. The summed E-state index contributed by atoms with van der Waals surface area (Å²) in [7, 11) is 0. The third kappa shape index (κ3) is 6.94. The Bertz CT molecular complexity index is 712. The van der Waals surface area contributed by atoms with Crippen molar-refractivity contribution in [1.82, 2.24) is 5.32 Å². The highest BCUT2D eigenvalue weighted by molar-refractivity contribution is 5.94. The summed E-state index contributed by atoms with van der Waals surface area (Å²) in [5.41, 5.74) is 8.31.